The Morgan fingerprint density at radius 2 is 2.33 bits per heavy atom. The smallest absolute Gasteiger partial charge is 0.0366 e. The maximum Gasteiger partial charge on any atom is 0.0366 e. The summed E-state index contributed by atoms with van der Waals surface area (Å²) < 4.78 is 0. The summed E-state index contributed by atoms with van der Waals surface area (Å²) >= 11 is 0. The van der Waals surface area contributed by atoms with Crippen molar-refractivity contribution in [1.29, 1.82) is 0 Å². The number of nitrogens with one attached hydrogen (secondary N) is 1. The van der Waals surface area contributed by atoms with Crippen LogP contribution in [-0.4, -0.2) is 26.2 Å². The van der Waals surface area contributed by atoms with Gasteiger partial charge < -0.3 is 10.2 Å². The van der Waals surface area contributed by atoms with Crippen LogP contribution < -0.4 is 10.2 Å². The largest absolute Gasteiger partial charge is 0.373 e. The zero-order valence-electron chi connectivity index (χ0n) is 9.66. The molecule has 0 amide bonds. The van der Waals surface area contributed by atoms with E-state index in [4.69, 9.17) is 0 Å². The molecule has 15 heavy (non-hydrogen) atoms. The van der Waals surface area contributed by atoms with Gasteiger partial charge in [0, 0.05) is 25.3 Å². The molecular formula is C13H20N2. The highest BCUT2D eigenvalue weighted by Crippen LogP contribution is 2.16. The van der Waals surface area contributed by atoms with E-state index in [1.54, 1.807) is 0 Å². The Bertz CT molecular complexity index is 316. The molecule has 0 radical (unpaired) electrons. The second-order valence-corrected chi connectivity index (χ2v) is 4.51. The van der Waals surface area contributed by atoms with Crippen LogP contribution >= 0.6 is 0 Å². The Morgan fingerprint density at radius 1 is 1.47 bits per heavy atom. The zero-order chi connectivity index (χ0) is 10.7. The highest BCUT2D eigenvalue weighted by atomic mass is 15.1. The van der Waals surface area contributed by atoms with Crippen LogP contribution in [0.25, 0.3) is 0 Å². The van der Waals surface area contributed by atoms with Gasteiger partial charge in [-0.1, -0.05) is 12.1 Å². The van der Waals surface area contributed by atoms with Crippen LogP contribution in [0, 0.1) is 6.92 Å². The second-order valence-electron chi connectivity index (χ2n) is 4.51. The molecule has 0 aliphatic carbocycles. The van der Waals surface area contributed by atoms with E-state index in [2.05, 4.69) is 48.5 Å². The van der Waals surface area contributed by atoms with E-state index >= 15 is 0 Å². The minimum absolute atomic E-state index is 0.676. The molecule has 1 N–H and O–H groups in total. The van der Waals surface area contributed by atoms with Gasteiger partial charge in [-0.25, -0.2) is 0 Å². The number of nitrogens with zero attached hydrogens (tertiary/aromatic N) is 1. The normalized spacial score (nSPS) is 20.5. The third kappa shape index (κ3) is 2.72. The predicted molar refractivity (Wildman–Crippen MR) is 65.5 cm³/mol. The Morgan fingerprint density at radius 3 is 3.00 bits per heavy atom. The van der Waals surface area contributed by atoms with Gasteiger partial charge in [0.05, 0.1) is 0 Å². The van der Waals surface area contributed by atoms with Gasteiger partial charge in [-0.2, -0.15) is 0 Å². The number of aryl methyl sites for hydroxylation is 1. The van der Waals surface area contributed by atoms with Crippen molar-refractivity contribution in [1.82, 2.24) is 5.32 Å². The predicted octanol–water partition coefficient (Wildman–Crippen LogP) is 2.18. The summed E-state index contributed by atoms with van der Waals surface area (Å²) in [6, 6.07) is 9.38. The van der Waals surface area contributed by atoms with Crippen molar-refractivity contribution in [2.24, 2.45) is 0 Å². The van der Waals surface area contributed by atoms with Gasteiger partial charge in [0.2, 0.25) is 0 Å². The number of anilines is 1. The molecule has 1 saturated heterocycles. The number of benzene rings is 1. The van der Waals surface area contributed by atoms with Gasteiger partial charge >= 0.3 is 0 Å². The molecule has 1 aliphatic heterocycles. The van der Waals surface area contributed by atoms with Crippen LogP contribution in [-0.2, 0) is 0 Å². The molecular weight excluding hydrogens is 184 g/mol. The van der Waals surface area contributed by atoms with E-state index in [0.29, 0.717) is 6.04 Å². The zero-order valence-corrected chi connectivity index (χ0v) is 9.66. The molecule has 0 unspecified atom stereocenters. The molecule has 0 aromatic heterocycles. The second kappa shape index (κ2) is 4.67. The lowest BCUT2D eigenvalue weighted by atomic mass is 10.2. The monoisotopic (exact) mass is 204 g/mol. The van der Waals surface area contributed by atoms with Crippen LogP contribution in [0.5, 0.6) is 0 Å². The maximum atomic E-state index is 3.53. The average molecular weight is 204 g/mol. The lowest BCUT2D eigenvalue weighted by molar-refractivity contribution is 0.600. The molecule has 2 nitrogen and oxygen atoms in total. The number of hydrogen-bond acceptors (Lipinski definition) is 2. The molecule has 1 aromatic rings. The summed E-state index contributed by atoms with van der Waals surface area (Å²) in [5.74, 6) is 0. The topological polar surface area (TPSA) is 15.3 Å². The van der Waals surface area contributed by atoms with E-state index < -0.39 is 0 Å². The first-order valence-corrected chi connectivity index (χ1v) is 5.77. The van der Waals surface area contributed by atoms with E-state index in [1.165, 1.54) is 30.6 Å². The molecule has 2 heteroatoms. The minimum atomic E-state index is 0.676. The van der Waals surface area contributed by atoms with Crippen molar-refractivity contribution < 1.29 is 0 Å². The molecule has 2 rings (SSSR count). The van der Waals surface area contributed by atoms with Crippen LogP contribution in [0.4, 0.5) is 5.69 Å². The average Bonchev–Trinajstić information content (AvgIpc) is 2.70. The Labute approximate surface area is 92.3 Å². The summed E-state index contributed by atoms with van der Waals surface area (Å²) in [7, 11) is 2.18. The van der Waals surface area contributed by atoms with Crippen molar-refractivity contribution >= 4 is 5.69 Å². The van der Waals surface area contributed by atoms with Gasteiger partial charge in [-0.15, -0.1) is 0 Å². The molecule has 1 fully saturated rings. The third-order valence-corrected chi connectivity index (χ3v) is 3.10. The summed E-state index contributed by atoms with van der Waals surface area (Å²) in [6.45, 7) is 4.45. The summed E-state index contributed by atoms with van der Waals surface area (Å²) in [4.78, 5) is 2.34. The van der Waals surface area contributed by atoms with E-state index in [0.717, 1.165) is 6.54 Å². The van der Waals surface area contributed by atoms with Crippen LogP contribution in [0.1, 0.15) is 18.4 Å². The summed E-state index contributed by atoms with van der Waals surface area (Å²) in [5, 5.41) is 3.53. The third-order valence-electron chi connectivity index (χ3n) is 3.10. The van der Waals surface area contributed by atoms with Crippen molar-refractivity contribution in [3.05, 3.63) is 29.8 Å². The quantitative estimate of drug-likeness (QED) is 0.812. The van der Waals surface area contributed by atoms with E-state index in [1.807, 2.05) is 0 Å². The Balaban J connectivity index is 1.97. The summed E-state index contributed by atoms with van der Waals surface area (Å²) in [6.07, 6.45) is 2.64. The van der Waals surface area contributed by atoms with Crippen LogP contribution in [0.2, 0.25) is 0 Å². The SMILES string of the molecule is Cc1cccc(N(C)C[C@@H]2CCCN2)c1. The highest BCUT2D eigenvalue weighted by molar-refractivity contribution is 5.47. The van der Waals surface area contributed by atoms with Crippen molar-refractivity contribution in [3.63, 3.8) is 0 Å². The minimum Gasteiger partial charge on any atom is -0.373 e. The Hall–Kier alpha value is -1.02. The molecule has 0 saturated carbocycles. The van der Waals surface area contributed by atoms with Crippen LogP contribution in [0.3, 0.4) is 0 Å². The fourth-order valence-electron chi connectivity index (χ4n) is 2.21. The van der Waals surface area contributed by atoms with Crippen molar-refractivity contribution in [2.75, 3.05) is 25.0 Å². The van der Waals surface area contributed by atoms with Crippen molar-refractivity contribution in [3.8, 4) is 0 Å². The number of rotatable bonds is 3. The van der Waals surface area contributed by atoms with Crippen LogP contribution in [0.15, 0.2) is 24.3 Å². The molecule has 1 heterocycles. The van der Waals surface area contributed by atoms with E-state index in [9.17, 15) is 0 Å². The maximum absolute atomic E-state index is 3.53. The van der Waals surface area contributed by atoms with Gasteiger partial charge in [-0.3, -0.25) is 0 Å². The lowest BCUT2D eigenvalue weighted by Crippen LogP contribution is -2.35. The molecule has 1 aromatic carbocycles. The lowest BCUT2D eigenvalue weighted by Gasteiger charge is -2.23. The fourth-order valence-corrected chi connectivity index (χ4v) is 2.21. The molecule has 1 aliphatic rings. The molecule has 0 spiro atoms. The van der Waals surface area contributed by atoms with Crippen molar-refractivity contribution in [2.45, 2.75) is 25.8 Å². The summed E-state index contributed by atoms with van der Waals surface area (Å²) in [5.41, 5.74) is 2.66. The fraction of sp³-hybridized carbons (Fsp3) is 0.538. The Kier molecular flexibility index (Phi) is 3.27. The van der Waals surface area contributed by atoms with Gasteiger partial charge in [0.15, 0.2) is 0 Å². The molecule has 0 bridgehead atoms. The first-order valence-electron chi connectivity index (χ1n) is 5.77. The number of hydrogen-bond donors (Lipinski definition) is 1. The van der Waals surface area contributed by atoms with Gasteiger partial charge in [0.1, 0.15) is 0 Å². The van der Waals surface area contributed by atoms with Gasteiger partial charge in [-0.05, 0) is 44.0 Å². The van der Waals surface area contributed by atoms with E-state index in [-0.39, 0.29) is 0 Å². The molecule has 1 atom stereocenters. The first kappa shape index (κ1) is 10.5. The highest BCUT2D eigenvalue weighted by Gasteiger charge is 2.15. The molecule has 82 valence electrons. The standard InChI is InChI=1S/C13H20N2/c1-11-5-3-7-13(9-11)15(2)10-12-6-4-8-14-12/h3,5,7,9,12,14H,4,6,8,10H2,1-2H3/t12-/m0/s1. The number of likely N-dealkylation sites (N-methyl/N-ethyl adjacent to an activating group) is 1. The van der Waals surface area contributed by atoms with Gasteiger partial charge in [0.25, 0.3) is 0 Å². The first-order chi connectivity index (χ1) is 7.25.